The highest BCUT2D eigenvalue weighted by Crippen LogP contribution is 2.09. The van der Waals surface area contributed by atoms with E-state index in [0.29, 0.717) is 6.42 Å². The van der Waals surface area contributed by atoms with Crippen LogP contribution in [0.4, 0.5) is 0 Å². The van der Waals surface area contributed by atoms with Gasteiger partial charge in [0.1, 0.15) is 0 Å². The van der Waals surface area contributed by atoms with E-state index in [-0.39, 0.29) is 0 Å². The quantitative estimate of drug-likeness (QED) is 0.419. The molecule has 0 heterocycles. The minimum absolute atomic E-state index is 0.326. The summed E-state index contributed by atoms with van der Waals surface area (Å²) in [6.07, 6.45) is 15.5. The van der Waals surface area contributed by atoms with Gasteiger partial charge in [0.2, 0.25) is 0 Å². The van der Waals surface area contributed by atoms with Gasteiger partial charge in [-0.25, -0.2) is 0 Å². The number of unbranched alkanes of at least 4 members (excludes halogenated alkanes) is 7. The molecule has 0 saturated carbocycles. The summed E-state index contributed by atoms with van der Waals surface area (Å²) in [6, 6.07) is 0. The molecule has 0 aromatic carbocycles. The van der Waals surface area contributed by atoms with Crippen LogP contribution in [-0.2, 0) is 4.79 Å². The summed E-state index contributed by atoms with van der Waals surface area (Å²) in [6.45, 7) is 3.62. The van der Waals surface area contributed by atoms with Crippen LogP contribution in [0, 0.1) is 0 Å². The Morgan fingerprint density at radius 1 is 1.00 bits per heavy atom. The number of carboxylic acid groups (broad SMARTS) is 1. The molecule has 0 spiro atoms. The predicted octanol–water partition coefficient (Wildman–Crippen LogP) is 4.32. The van der Waals surface area contributed by atoms with Crippen LogP contribution in [-0.4, -0.2) is 11.1 Å². The fourth-order valence-corrected chi connectivity index (χ4v) is 1.61. The van der Waals surface area contributed by atoms with Crippen LogP contribution in [0.5, 0.6) is 0 Å². The molecule has 0 aliphatic heterocycles. The number of allylic oxidation sites excluding steroid dienone is 3. The number of rotatable bonds is 11. The Hall–Kier alpha value is -1.05. The normalized spacial score (nSPS) is 10.8. The molecule has 2 nitrogen and oxygen atoms in total. The van der Waals surface area contributed by atoms with Gasteiger partial charge in [-0.15, -0.1) is 0 Å². The summed E-state index contributed by atoms with van der Waals surface area (Å²) >= 11 is 0. The van der Waals surface area contributed by atoms with Crippen LogP contribution in [0.3, 0.4) is 0 Å². The zero-order chi connectivity index (χ0) is 12.1. The summed E-state index contributed by atoms with van der Waals surface area (Å²) in [5.74, 6) is -0.672. The highest BCUT2D eigenvalue weighted by atomic mass is 16.4. The van der Waals surface area contributed by atoms with Crippen molar-refractivity contribution >= 4 is 5.97 Å². The Morgan fingerprint density at radius 2 is 1.56 bits per heavy atom. The molecule has 0 aliphatic rings. The SMILES string of the molecule is C=C/C=C\CCCCCCCCCC(=O)O. The molecule has 1 N–H and O–H groups in total. The highest BCUT2D eigenvalue weighted by Gasteiger charge is 1.96. The number of hydrogen-bond donors (Lipinski definition) is 1. The van der Waals surface area contributed by atoms with Crippen molar-refractivity contribution in [1.82, 2.24) is 0 Å². The van der Waals surface area contributed by atoms with Crippen molar-refractivity contribution < 1.29 is 9.90 Å². The molecule has 16 heavy (non-hydrogen) atoms. The van der Waals surface area contributed by atoms with E-state index >= 15 is 0 Å². The maximum atomic E-state index is 10.2. The minimum atomic E-state index is -0.672. The zero-order valence-corrected chi connectivity index (χ0v) is 10.2. The van der Waals surface area contributed by atoms with E-state index in [1.807, 2.05) is 12.2 Å². The van der Waals surface area contributed by atoms with E-state index in [2.05, 4.69) is 12.7 Å². The molecule has 2 heteroatoms. The van der Waals surface area contributed by atoms with E-state index in [1.165, 1.54) is 32.1 Å². The van der Waals surface area contributed by atoms with Crippen LogP contribution in [0.25, 0.3) is 0 Å². The van der Waals surface area contributed by atoms with Gasteiger partial charge in [0.15, 0.2) is 0 Å². The molecular formula is C14H24O2. The standard InChI is InChI=1S/C14H24O2/c1-2-3-4-5-6-7-8-9-10-11-12-13-14(15)16/h2-4H,1,5-13H2,(H,15,16)/b4-3-. The van der Waals surface area contributed by atoms with Gasteiger partial charge in [0.25, 0.3) is 0 Å². The summed E-state index contributed by atoms with van der Waals surface area (Å²) < 4.78 is 0. The van der Waals surface area contributed by atoms with E-state index in [4.69, 9.17) is 5.11 Å². The summed E-state index contributed by atoms with van der Waals surface area (Å²) in [5.41, 5.74) is 0. The van der Waals surface area contributed by atoms with E-state index in [0.717, 1.165) is 19.3 Å². The lowest BCUT2D eigenvalue weighted by molar-refractivity contribution is -0.137. The van der Waals surface area contributed by atoms with Crippen molar-refractivity contribution in [2.45, 2.75) is 57.8 Å². The van der Waals surface area contributed by atoms with Gasteiger partial charge < -0.3 is 5.11 Å². The van der Waals surface area contributed by atoms with Gasteiger partial charge in [0.05, 0.1) is 0 Å². The van der Waals surface area contributed by atoms with E-state index in [1.54, 1.807) is 0 Å². The van der Waals surface area contributed by atoms with Crippen LogP contribution in [0.1, 0.15) is 57.8 Å². The van der Waals surface area contributed by atoms with Gasteiger partial charge in [-0.2, -0.15) is 0 Å². The second-order valence-corrected chi connectivity index (χ2v) is 4.07. The van der Waals surface area contributed by atoms with Crippen molar-refractivity contribution in [3.05, 3.63) is 24.8 Å². The maximum absolute atomic E-state index is 10.2. The Balaban J connectivity index is 3.01. The smallest absolute Gasteiger partial charge is 0.303 e. The average Bonchev–Trinajstić information content (AvgIpc) is 2.25. The monoisotopic (exact) mass is 224 g/mol. The number of carbonyl (C=O) groups is 1. The highest BCUT2D eigenvalue weighted by molar-refractivity contribution is 5.66. The fourth-order valence-electron chi connectivity index (χ4n) is 1.61. The lowest BCUT2D eigenvalue weighted by Gasteiger charge is -1.99. The second kappa shape index (κ2) is 12.0. The van der Waals surface area contributed by atoms with Gasteiger partial charge in [-0.3, -0.25) is 4.79 Å². The van der Waals surface area contributed by atoms with Gasteiger partial charge in [-0.05, 0) is 19.3 Å². The Labute approximate surface area is 99.1 Å². The van der Waals surface area contributed by atoms with Crippen LogP contribution >= 0.6 is 0 Å². The summed E-state index contributed by atoms with van der Waals surface area (Å²) in [5, 5.41) is 8.44. The van der Waals surface area contributed by atoms with Crippen molar-refractivity contribution in [3.8, 4) is 0 Å². The van der Waals surface area contributed by atoms with Crippen LogP contribution in [0.2, 0.25) is 0 Å². The second-order valence-electron chi connectivity index (χ2n) is 4.07. The summed E-state index contributed by atoms with van der Waals surface area (Å²) in [4.78, 5) is 10.2. The molecule has 0 aromatic rings. The van der Waals surface area contributed by atoms with Crippen LogP contribution < -0.4 is 0 Å². The number of carboxylic acids is 1. The predicted molar refractivity (Wildman–Crippen MR) is 68.5 cm³/mol. The first-order valence-corrected chi connectivity index (χ1v) is 6.26. The molecular weight excluding hydrogens is 200 g/mol. The molecule has 0 aromatic heterocycles. The first-order chi connectivity index (χ1) is 7.77. The van der Waals surface area contributed by atoms with Crippen LogP contribution in [0.15, 0.2) is 24.8 Å². The topological polar surface area (TPSA) is 37.3 Å². The first kappa shape index (κ1) is 14.9. The third-order valence-electron chi connectivity index (χ3n) is 2.53. The molecule has 0 bridgehead atoms. The van der Waals surface area contributed by atoms with Gasteiger partial charge >= 0.3 is 5.97 Å². The molecule has 0 radical (unpaired) electrons. The molecule has 0 atom stereocenters. The molecule has 0 rings (SSSR count). The average molecular weight is 224 g/mol. The minimum Gasteiger partial charge on any atom is -0.481 e. The molecule has 92 valence electrons. The van der Waals surface area contributed by atoms with Gasteiger partial charge in [0, 0.05) is 6.42 Å². The lowest BCUT2D eigenvalue weighted by Crippen LogP contribution is -1.93. The zero-order valence-electron chi connectivity index (χ0n) is 10.2. The van der Waals surface area contributed by atoms with Crippen molar-refractivity contribution in [2.75, 3.05) is 0 Å². The third kappa shape index (κ3) is 12.9. The maximum Gasteiger partial charge on any atom is 0.303 e. The fraction of sp³-hybridized carbons (Fsp3) is 0.643. The Bertz CT molecular complexity index is 207. The first-order valence-electron chi connectivity index (χ1n) is 6.26. The van der Waals surface area contributed by atoms with Crippen molar-refractivity contribution in [2.24, 2.45) is 0 Å². The molecule has 0 fully saturated rings. The molecule has 0 saturated heterocycles. The third-order valence-corrected chi connectivity index (χ3v) is 2.53. The van der Waals surface area contributed by atoms with E-state index < -0.39 is 5.97 Å². The largest absolute Gasteiger partial charge is 0.481 e. The molecule has 0 aliphatic carbocycles. The molecule has 0 amide bonds. The van der Waals surface area contributed by atoms with Crippen molar-refractivity contribution in [1.29, 1.82) is 0 Å². The lowest BCUT2D eigenvalue weighted by atomic mass is 10.1. The molecule has 0 unspecified atom stereocenters. The Morgan fingerprint density at radius 3 is 2.12 bits per heavy atom. The Kier molecular flexibility index (Phi) is 11.2. The number of hydrogen-bond acceptors (Lipinski definition) is 1. The van der Waals surface area contributed by atoms with Crippen molar-refractivity contribution in [3.63, 3.8) is 0 Å². The van der Waals surface area contributed by atoms with E-state index in [9.17, 15) is 4.79 Å². The summed E-state index contributed by atoms with van der Waals surface area (Å²) in [7, 11) is 0. The van der Waals surface area contributed by atoms with Gasteiger partial charge in [-0.1, -0.05) is 56.9 Å². The number of aliphatic carboxylic acids is 1.